The van der Waals surface area contributed by atoms with Gasteiger partial charge < -0.3 is 15.1 Å². The molecule has 0 amide bonds. The molecule has 4 nitrogen and oxygen atoms in total. The fourth-order valence-corrected chi connectivity index (χ4v) is 2.39. The predicted molar refractivity (Wildman–Crippen MR) is 70.5 cm³/mol. The maximum atomic E-state index is 5.55. The summed E-state index contributed by atoms with van der Waals surface area (Å²) in [5, 5.41) is 0. The quantitative estimate of drug-likeness (QED) is 0.873. The summed E-state index contributed by atoms with van der Waals surface area (Å²) in [5.41, 5.74) is 9.23. The van der Waals surface area contributed by atoms with Crippen molar-refractivity contribution in [2.75, 3.05) is 18.0 Å². The van der Waals surface area contributed by atoms with Gasteiger partial charge in [0.2, 0.25) is 0 Å². The van der Waals surface area contributed by atoms with Gasteiger partial charge in [0.15, 0.2) is 0 Å². The van der Waals surface area contributed by atoms with E-state index in [-0.39, 0.29) is 0 Å². The SMILES string of the molecule is NCc1coc(N2CCc3ccccc3CC2)n1. The Hall–Kier alpha value is -1.81. The normalized spacial score (nSPS) is 15.3. The van der Waals surface area contributed by atoms with Gasteiger partial charge in [-0.25, -0.2) is 0 Å². The van der Waals surface area contributed by atoms with Gasteiger partial charge in [-0.3, -0.25) is 0 Å². The van der Waals surface area contributed by atoms with Crippen molar-refractivity contribution < 1.29 is 4.42 Å². The molecule has 1 aliphatic rings. The molecule has 0 atom stereocenters. The molecule has 0 bridgehead atoms. The van der Waals surface area contributed by atoms with E-state index in [9.17, 15) is 0 Å². The van der Waals surface area contributed by atoms with E-state index < -0.39 is 0 Å². The Morgan fingerprint density at radius 3 is 2.39 bits per heavy atom. The van der Waals surface area contributed by atoms with Gasteiger partial charge in [0.25, 0.3) is 6.01 Å². The highest BCUT2D eigenvalue weighted by Crippen LogP contribution is 2.20. The van der Waals surface area contributed by atoms with Gasteiger partial charge in [-0.1, -0.05) is 24.3 Å². The molecule has 18 heavy (non-hydrogen) atoms. The molecular weight excluding hydrogens is 226 g/mol. The van der Waals surface area contributed by atoms with Crippen molar-refractivity contribution in [3.63, 3.8) is 0 Å². The molecule has 2 heterocycles. The molecule has 1 aromatic heterocycles. The van der Waals surface area contributed by atoms with Gasteiger partial charge in [-0.05, 0) is 24.0 Å². The summed E-state index contributed by atoms with van der Waals surface area (Å²) in [6, 6.07) is 9.32. The van der Waals surface area contributed by atoms with Crippen LogP contribution in [-0.2, 0) is 19.4 Å². The van der Waals surface area contributed by atoms with Crippen LogP contribution in [0.1, 0.15) is 16.8 Å². The number of fused-ring (bicyclic) bond motifs is 1. The Bertz CT molecular complexity index is 508. The van der Waals surface area contributed by atoms with Crippen molar-refractivity contribution in [2.45, 2.75) is 19.4 Å². The maximum absolute atomic E-state index is 5.55. The van der Waals surface area contributed by atoms with Gasteiger partial charge in [0, 0.05) is 19.6 Å². The van der Waals surface area contributed by atoms with Crippen LogP contribution in [0.5, 0.6) is 0 Å². The van der Waals surface area contributed by atoms with E-state index >= 15 is 0 Å². The minimum Gasteiger partial charge on any atom is -0.432 e. The zero-order valence-corrected chi connectivity index (χ0v) is 10.3. The van der Waals surface area contributed by atoms with Crippen LogP contribution in [0.4, 0.5) is 6.01 Å². The smallest absolute Gasteiger partial charge is 0.297 e. The number of oxazole rings is 1. The first-order chi connectivity index (χ1) is 8.86. The number of nitrogens with two attached hydrogens (primary N) is 1. The molecule has 0 fully saturated rings. The summed E-state index contributed by atoms with van der Waals surface area (Å²) in [5.74, 6) is 0. The van der Waals surface area contributed by atoms with E-state index in [0.29, 0.717) is 12.6 Å². The second-order valence-electron chi connectivity index (χ2n) is 4.58. The summed E-state index contributed by atoms with van der Waals surface area (Å²) in [4.78, 5) is 6.58. The van der Waals surface area contributed by atoms with E-state index in [0.717, 1.165) is 31.6 Å². The van der Waals surface area contributed by atoms with Crippen LogP contribution in [0.25, 0.3) is 0 Å². The van der Waals surface area contributed by atoms with E-state index in [1.807, 2.05) is 0 Å². The summed E-state index contributed by atoms with van der Waals surface area (Å²) >= 11 is 0. The third kappa shape index (κ3) is 2.11. The molecule has 2 N–H and O–H groups in total. The fraction of sp³-hybridized carbons (Fsp3) is 0.357. The van der Waals surface area contributed by atoms with Gasteiger partial charge in [0.1, 0.15) is 6.26 Å². The Labute approximate surface area is 106 Å². The Morgan fingerprint density at radius 2 is 1.83 bits per heavy atom. The van der Waals surface area contributed by atoms with Gasteiger partial charge in [-0.15, -0.1) is 0 Å². The van der Waals surface area contributed by atoms with Crippen LogP contribution >= 0.6 is 0 Å². The Balaban J connectivity index is 1.78. The highest BCUT2D eigenvalue weighted by molar-refractivity contribution is 5.35. The number of aromatic nitrogens is 1. The van der Waals surface area contributed by atoms with Crippen LogP contribution in [0, 0.1) is 0 Å². The molecule has 1 aliphatic heterocycles. The number of anilines is 1. The molecule has 0 spiro atoms. The average molecular weight is 243 g/mol. The molecule has 0 saturated carbocycles. The number of nitrogens with zero attached hydrogens (tertiary/aromatic N) is 2. The van der Waals surface area contributed by atoms with Crippen LogP contribution in [0.3, 0.4) is 0 Å². The molecule has 4 heteroatoms. The second-order valence-corrected chi connectivity index (χ2v) is 4.58. The molecule has 0 aliphatic carbocycles. The highest BCUT2D eigenvalue weighted by Gasteiger charge is 2.17. The molecular formula is C14H17N3O. The molecule has 0 unspecified atom stereocenters. The van der Waals surface area contributed by atoms with Crippen LogP contribution in [0.2, 0.25) is 0 Å². The van der Waals surface area contributed by atoms with Crippen molar-refractivity contribution >= 4 is 6.01 Å². The lowest BCUT2D eigenvalue weighted by Gasteiger charge is -2.17. The summed E-state index contributed by atoms with van der Waals surface area (Å²) < 4.78 is 5.48. The van der Waals surface area contributed by atoms with E-state index in [4.69, 9.17) is 10.2 Å². The highest BCUT2D eigenvalue weighted by atomic mass is 16.4. The minimum absolute atomic E-state index is 0.428. The molecule has 3 rings (SSSR count). The summed E-state index contributed by atoms with van der Waals surface area (Å²) in [6.07, 6.45) is 3.72. The minimum atomic E-state index is 0.428. The zero-order valence-electron chi connectivity index (χ0n) is 10.3. The Morgan fingerprint density at radius 1 is 1.17 bits per heavy atom. The fourth-order valence-electron chi connectivity index (χ4n) is 2.39. The zero-order chi connectivity index (χ0) is 12.4. The predicted octanol–water partition coefficient (Wildman–Crippen LogP) is 1.74. The number of hydrogen-bond acceptors (Lipinski definition) is 4. The molecule has 0 radical (unpaired) electrons. The number of benzene rings is 1. The third-order valence-corrected chi connectivity index (χ3v) is 3.44. The van der Waals surface area contributed by atoms with Gasteiger partial charge in [0.05, 0.1) is 5.69 Å². The monoisotopic (exact) mass is 243 g/mol. The maximum Gasteiger partial charge on any atom is 0.297 e. The largest absolute Gasteiger partial charge is 0.432 e. The first kappa shape index (κ1) is 11.3. The van der Waals surface area contributed by atoms with Crippen molar-refractivity contribution in [2.24, 2.45) is 5.73 Å². The van der Waals surface area contributed by atoms with Crippen molar-refractivity contribution in [1.82, 2.24) is 4.98 Å². The van der Waals surface area contributed by atoms with Crippen molar-refractivity contribution in [3.05, 3.63) is 47.3 Å². The average Bonchev–Trinajstić information content (AvgIpc) is 2.79. The van der Waals surface area contributed by atoms with Crippen LogP contribution in [-0.4, -0.2) is 18.1 Å². The number of hydrogen-bond donors (Lipinski definition) is 1. The van der Waals surface area contributed by atoms with Crippen LogP contribution in [0.15, 0.2) is 34.9 Å². The lowest BCUT2D eigenvalue weighted by Crippen LogP contribution is -2.26. The summed E-state index contributed by atoms with van der Waals surface area (Å²) in [7, 11) is 0. The number of rotatable bonds is 2. The second kappa shape index (κ2) is 4.82. The van der Waals surface area contributed by atoms with Crippen molar-refractivity contribution in [1.29, 1.82) is 0 Å². The molecule has 1 aromatic carbocycles. The van der Waals surface area contributed by atoms with Crippen molar-refractivity contribution in [3.8, 4) is 0 Å². The summed E-state index contributed by atoms with van der Waals surface area (Å²) in [6.45, 7) is 2.32. The lowest BCUT2D eigenvalue weighted by atomic mass is 10.0. The van der Waals surface area contributed by atoms with Gasteiger partial charge in [-0.2, -0.15) is 4.98 Å². The standard InChI is InChI=1S/C14H17N3O/c15-9-13-10-18-14(16-13)17-7-5-11-3-1-2-4-12(11)6-8-17/h1-4,10H,5-9,15H2. The first-order valence-electron chi connectivity index (χ1n) is 6.33. The van der Waals surface area contributed by atoms with Crippen LogP contribution < -0.4 is 10.6 Å². The molecule has 94 valence electrons. The Kier molecular flexibility index (Phi) is 3.02. The topological polar surface area (TPSA) is 55.3 Å². The molecule has 2 aromatic rings. The van der Waals surface area contributed by atoms with Gasteiger partial charge >= 0.3 is 0 Å². The van der Waals surface area contributed by atoms with E-state index in [2.05, 4.69) is 34.1 Å². The first-order valence-corrected chi connectivity index (χ1v) is 6.33. The van der Waals surface area contributed by atoms with E-state index in [1.54, 1.807) is 6.26 Å². The lowest BCUT2D eigenvalue weighted by molar-refractivity contribution is 0.534. The molecule has 0 saturated heterocycles. The van der Waals surface area contributed by atoms with E-state index in [1.165, 1.54) is 11.1 Å². The third-order valence-electron chi connectivity index (χ3n) is 3.44.